The van der Waals surface area contributed by atoms with Crippen molar-refractivity contribution in [1.29, 1.82) is 0 Å². The summed E-state index contributed by atoms with van der Waals surface area (Å²) in [5.74, 6) is 1.82. The number of carbonyl (C=O) groups excluding carboxylic acids is 2. The second kappa shape index (κ2) is 8.48. The van der Waals surface area contributed by atoms with E-state index in [9.17, 15) is 9.59 Å². The van der Waals surface area contributed by atoms with Crippen LogP contribution >= 0.6 is 0 Å². The summed E-state index contributed by atoms with van der Waals surface area (Å²) in [6.07, 6.45) is 5.05. The molecule has 0 bridgehead atoms. The van der Waals surface area contributed by atoms with Gasteiger partial charge in [0.15, 0.2) is 0 Å². The molecule has 1 heterocycles. The van der Waals surface area contributed by atoms with Gasteiger partial charge in [0.2, 0.25) is 11.8 Å². The summed E-state index contributed by atoms with van der Waals surface area (Å²) in [6.45, 7) is 2.46. The van der Waals surface area contributed by atoms with Crippen molar-refractivity contribution in [2.75, 3.05) is 46.0 Å². The molecule has 19 heavy (non-hydrogen) atoms. The summed E-state index contributed by atoms with van der Waals surface area (Å²) in [7, 11) is 0. The molecule has 1 fully saturated rings. The second-order valence-electron chi connectivity index (χ2n) is 4.13. The molecular formula is C12H19N3O4. The predicted octanol–water partition coefficient (Wildman–Crippen LogP) is -2.06. The van der Waals surface area contributed by atoms with Crippen molar-refractivity contribution in [1.82, 2.24) is 10.2 Å². The highest BCUT2D eigenvalue weighted by Gasteiger charge is 2.30. The van der Waals surface area contributed by atoms with Crippen LogP contribution in [0.2, 0.25) is 0 Å². The van der Waals surface area contributed by atoms with Gasteiger partial charge in [0.05, 0.1) is 19.3 Å². The van der Waals surface area contributed by atoms with E-state index in [-0.39, 0.29) is 31.8 Å². The fourth-order valence-corrected chi connectivity index (χ4v) is 1.55. The van der Waals surface area contributed by atoms with Crippen LogP contribution < -0.4 is 11.1 Å². The highest BCUT2D eigenvalue weighted by atomic mass is 16.5. The maximum Gasteiger partial charge on any atom is 0.248 e. The fraction of sp³-hybridized carbons (Fsp3) is 0.667. The molecule has 1 rings (SSSR count). The minimum atomic E-state index is -0.396. The first-order valence-electron chi connectivity index (χ1n) is 6.03. The lowest BCUT2D eigenvalue weighted by Crippen LogP contribution is -2.56. The molecule has 0 aliphatic carbocycles. The highest BCUT2D eigenvalue weighted by Crippen LogP contribution is 2.11. The van der Waals surface area contributed by atoms with E-state index in [0.717, 1.165) is 0 Å². The largest absolute Gasteiger partial charge is 0.373 e. The van der Waals surface area contributed by atoms with E-state index in [1.54, 1.807) is 4.90 Å². The smallest absolute Gasteiger partial charge is 0.248 e. The zero-order chi connectivity index (χ0) is 14.1. The molecule has 0 spiro atoms. The van der Waals surface area contributed by atoms with Gasteiger partial charge in [-0.05, 0) is 0 Å². The quantitative estimate of drug-likeness (QED) is 0.371. The Balaban J connectivity index is 1.96. The molecule has 2 amide bonds. The van der Waals surface area contributed by atoms with E-state index in [0.29, 0.717) is 26.2 Å². The molecule has 1 saturated heterocycles. The van der Waals surface area contributed by atoms with Crippen molar-refractivity contribution in [3.05, 3.63) is 0 Å². The summed E-state index contributed by atoms with van der Waals surface area (Å²) in [4.78, 5) is 23.6. The minimum absolute atomic E-state index is 0.0110. The van der Waals surface area contributed by atoms with Crippen LogP contribution in [0.4, 0.5) is 0 Å². The van der Waals surface area contributed by atoms with Gasteiger partial charge in [-0.25, -0.2) is 0 Å². The van der Waals surface area contributed by atoms with E-state index < -0.39 is 5.91 Å². The number of carbonyl (C=O) groups is 2. The number of primary amides is 1. The molecule has 0 unspecified atom stereocenters. The lowest BCUT2D eigenvalue weighted by Gasteiger charge is -2.38. The molecule has 3 N–H and O–H groups in total. The fourth-order valence-electron chi connectivity index (χ4n) is 1.55. The number of nitrogens with zero attached hydrogens (tertiary/aromatic N) is 1. The van der Waals surface area contributed by atoms with Crippen LogP contribution in [-0.4, -0.2) is 68.8 Å². The van der Waals surface area contributed by atoms with Gasteiger partial charge in [-0.2, -0.15) is 0 Å². The highest BCUT2D eigenvalue weighted by molar-refractivity contribution is 5.78. The molecule has 7 nitrogen and oxygen atoms in total. The minimum Gasteiger partial charge on any atom is -0.373 e. The van der Waals surface area contributed by atoms with Crippen LogP contribution in [0, 0.1) is 12.3 Å². The average Bonchev–Trinajstić information content (AvgIpc) is 2.30. The van der Waals surface area contributed by atoms with E-state index in [1.807, 2.05) is 0 Å². The van der Waals surface area contributed by atoms with Gasteiger partial charge >= 0.3 is 0 Å². The lowest BCUT2D eigenvalue weighted by molar-refractivity contribution is -0.149. The van der Waals surface area contributed by atoms with Gasteiger partial charge in [0, 0.05) is 19.6 Å². The Hall–Kier alpha value is -1.62. The number of hydrogen-bond donors (Lipinski definition) is 2. The Labute approximate surface area is 112 Å². The third-order valence-electron chi connectivity index (χ3n) is 2.54. The summed E-state index contributed by atoms with van der Waals surface area (Å²) in [5, 5.41) is 2.84. The van der Waals surface area contributed by atoms with Crippen LogP contribution in [-0.2, 0) is 19.1 Å². The van der Waals surface area contributed by atoms with E-state index >= 15 is 0 Å². The number of hydrogen-bond acceptors (Lipinski definition) is 5. The van der Waals surface area contributed by atoms with Gasteiger partial charge in [0.1, 0.15) is 13.2 Å². The van der Waals surface area contributed by atoms with Crippen molar-refractivity contribution >= 4 is 11.8 Å². The van der Waals surface area contributed by atoms with Crippen LogP contribution in [0.15, 0.2) is 0 Å². The van der Waals surface area contributed by atoms with Crippen LogP contribution in [0.1, 0.15) is 0 Å². The third-order valence-corrected chi connectivity index (χ3v) is 2.54. The molecular weight excluding hydrogens is 250 g/mol. The number of ether oxygens (including phenoxy) is 2. The van der Waals surface area contributed by atoms with Gasteiger partial charge < -0.3 is 25.4 Å². The molecule has 0 radical (unpaired) electrons. The van der Waals surface area contributed by atoms with E-state index in [1.165, 1.54) is 0 Å². The molecule has 0 atom stereocenters. The molecule has 0 aromatic heterocycles. The van der Waals surface area contributed by atoms with Crippen molar-refractivity contribution in [2.45, 2.75) is 6.10 Å². The first-order valence-corrected chi connectivity index (χ1v) is 6.03. The maximum absolute atomic E-state index is 11.5. The zero-order valence-corrected chi connectivity index (χ0v) is 10.8. The van der Waals surface area contributed by atoms with Crippen LogP contribution in [0.5, 0.6) is 0 Å². The third kappa shape index (κ3) is 6.20. The Morgan fingerprint density at radius 1 is 1.47 bits per heavy atom. The van der Waals surface area contributed by atoms with Gasteiger partial charge in [-0.1, -0.05) is 5.92 Å². The van der Waals surface area contributed by atoms with Gasteiger partial charge in [0.25, 0.3) is 0 Å². The van der Waals surface area contributed by atoms with Crippen molar-refractivity contribution in [3.8, 4) is 12.3 Å². The molecule has 0 saturated carbocycles. The SMILES string of the molecule is C#CCOCC(=O)N1CC(OCCNCC(N)=O)C1. The van der Waals surface area contributed by atoms with Gasteiger partial charge in [-0.15, -0.1) is 6.42 Å². The number of nitrogens with one attached hydrogen (secondary N) is 1. The van der Waals surface area contributed by atoms with Crippen LogP contribution in [0.25, 0.3) is 0 Å². The monoisotopic (exact) mass is 269 g/mol. The Kier molecular flexibility index (Phi) is 6.89. The number of likely N-dealkylation sites (tertiary alicyclic amines) is 1. The summed E-state index contributed by atoms with van der Waals surface area (Å²) >= 11 is 0. The summed E-state index contributed by atoms with van der Waals surface area (Å²) in [6, 6.07) is 0. The molecule has 0 aromatic carbocycles. The van der Waals surface area contributed by atoms with Crippen molar-refractivity contribution in [3.63, 3.8) is 0 Å². The Morgan fingerprint density at radius 2 is 2.21 bits per heavy atom. The van der Waals surface area contributed by atoms with Crippen LogP contribution in [0.3, 0.4) is 0 Å². The van der Waals surface area contributed by atoms with Crippen molar-refractivity contribution < 1.29 is 19.1 Å². The second-order valence-corrected chi connectivity index (χ2v) is 4.13. The normalized spacial score (nSPS) is 14.8. The summed E-state index contributed by atoms with van der Waals surface area (Å²) < 4.78 is 10.4. The molecule has 7 heteroatoms. The van der Waals surface area contributed by atoms with E-state index in [2.05, 4.69) is 11.2 Å². The summed E-state index contributed by atoms with van der Waals surface area (Å²) in [5.41, 5.74) is 4.96. The molecule has 106 valence electrons. The standard InChI is InChI=1S/C12H19N3O4/c1-2-4-18-9-12(17)15-7-10(8-15)19-5-3-14-6-11(13)16/h1,10,14H,3-9H2,(H2,13,16). The van der Waals surface area contributed by atoms with Gasteiger partial charge in [-0.3, -0.25) is 9.59 Å². The Bertz CT molecular complexity index is 347. The zero-order valence-electron chi connectivity index (χ0n) is 10.8. The number of nitrogens with two attached hydrogens (primary N) is 1. The Morgan fingerprint density at radius 3 is 2.84 bits per heavy atom. The lowest BCUT2D eigenvalue weighted by atomic mass is 10.1. The average molecular weight is 269 g/mol. The predicted molar refractivity (Wildman–Crippen MR) is 68.0 cm³/mol. The van der Waals surface area contributed by atoms with E-state index in [4.69, 9.17) is 21.6 Å². The van der Waals surface area contributed by atoms with Crippen molar-refractivity contribution in [2.24, 2.45) is 5.73 Å². The number of amides is 2. The first-order chi connectivity index (χ1) is 9.13. The molecule has 0 aromatic rings. The first kappa shape index (κ1) is 15.4. The topological polar surface area (TPSA) is 93.9 Å². The molecule has 1 aliphatic rings. The number of terminal acetylenes is 1. The molecule has 1 aliphatic heterocycles. The number of rotatable bonds is 9. The maximum atomic E-state index is 11.5.